The van der Waals surface area contributed by atoms with Crippen molar-refractivity contribution in [3.05, 3.63) is 0 Å². The molecule has 6 heteroatoms. The third-order valence-electron chi connectivity index (χ3n) is 3.09. The van der Waals surface area contributed by atoms with E-state index in [1.165, 1.54) is 4.90 Å². The molecular formula is C11H17N3O3. The van der Waals surface area contributed by atoms with Crippen LogP contribution in [0.5, 0.6) is 0 Å². The highest BCUT2D eigenvalue weighted by Gasteiger charge is 2.29. The van der Waals surface area contributed by atoms with E-state index in [4.69, 9.17) is 0 Å². The minimum Gasteiger partial charge on any atom is -0.325 e. The van der Waals surface area contributed by atoms with Crippen LogP contribution in [0.3, 0.4) is 0 Å². The summed E-state index contributed by atoms with van der Waals surface area (Å²) in [7, 11) is 0. The Balaban J connectivity index is 1.97. The first-order valence-corrected chi connectivity index (χ1v) is 6.03. The fourth-order valence-electron chi connectivity index (χ4n) is 2.23. The third kappa shape index (κ3) is 2.95. The molecule has 0 saturated carbocycles. The Kier molecular flexibility index (Phi) is 3.61. The third-order valence-corrected chi connectivity index (χ3v) is 3.09. The molecule has 2 aliphatic rings. The number of likely N-dealkylation sites (tertiary alicyclic amines) is 1. The Morgan fingerprint density at radius 3 is 1.94 bits per heavy atom. The summed E-state index contributed by atoms with van der Waals surface area (Å²) in [4.78, 5) is 37.6. The zero-order valence-corrected chi connectivity index (χ0v) is 9.78. The Morgan fingerprint density at radius 2 is 1.41 bits per heavy atom. The van der Waals surface area contributed by atoms with E-state index in [2.05, 4.69) is 5.32 Å². The summed E-state index contributed by atoms with van der Waals surface area (Å²) in [5.74, 6) is -0.797. The Morgan fingerprint density at radius 1 is 0.882 bits per heavy atom. The number of piperazine rings is 1. The summed E-state index contributed by atoms with van der Waals surface area (Å²) < 4.78 is 0. The second-order valence-electron chi connectivity index (χ2n) is 4.51. The number of amides is 4. The highest BCUT2D eigenvalue weighted by Crippen LogP contribution is 2.12. The number of imide groups is 1. The minimum atomic E-state index is -0.399. The standard InChI is InChI=1S/C11H17N3O3/c15-9-7-14(8-10(16)12-9)11(17)13-5-3-1-2-4-6-13/h1-8H2,(H,12,15,16). The van der Waals surface area contributed by atoms with Gasteiger partial charge in [0.25, 0.3) is 0 Å². The molecule has 0 bridgehead atoms. The lowest BCUT2D eigenvalue weighted by atomic mass is 10.2. The second-order valence-corrected chi connectivity index (χ2v) is 4.51. The van der Waals surface area contributed by atoms with Crippen LogP contribution in [0, 0.1) is 0 Å². The van der Waals surface area contributed by atoms with Crippen LogP contribution in [0.2, 0.25) is 0 Å². The van der Waals surface area contributed by atoms with Crippen molar-refractivity contribution in [3.8, 4) is 0 Å². The fraction of sp³-hybridized carbons (Fsp3) is 0.727. The minimum absolute atomic E-state index is 0.0128. The SMILES string of the molecule is O=C1CN(C(=O)N2CCCCCC2)CC(=O)N1. The van der Waals surface area contributed by atoms with Gasteiger partial charge >= 0.3 is 6.03 Å². The molecule has 2 rings (SSSR count). The van der Waals surface area contributed by atoms with Crippen molar-refractivity contribution in [1.82, 2.24) is 15.1 Å². The first kappa shape index (κ1) is 11.9. The average molecular weight is 239 g/mol. The topological polar surface area (TPSA) is 69.7 Å². The summed E-state index contributed by atoms with van der Waals surface area (Å²) in [6.07, 6.45) is 4.28. The first-order chi connectivity index (χ1) is 8.16. The predicted molar refractivity (Wildman–Crippen MR) is 60.2 cm³/mol. The quantitative estimate of drug-likeness (QED) is 0.602. The van der Waals surface area contributed by atoms with Crippen molar-refractivity contribution < 1.29 is 14.4 Å². The van der Waals surface area contributed by atoms with E-state index in [9.17, 15) is 14.4 Å². The van der Waals surface area contributed by atoms with Crippen molar-refractivity contribution >= 4 is 17.8 Å². The van der Waals surface area contributed by atoms with Crippen molar-refractivity contribution in [2.24, 2.45) is 0 Å². The van der Waals surface area contributed by atoms with Crippen molar-refractivity contribution in [2.75, 3.05) is 26.2 Å². The Hall–Kier alpha value is -1.59. The highest BCUT2D eigenvalue weighted by atomic mass is 16.2. The molecule has 2 saturated heterocycles. The number of hydrogen-bond donors (Lipinski definition) is 1. The Labute approximate surface area is 99.9 Å². The summed E-state index contributed by atoms with van der Waals surface area (Å²) in [5.41, 5.74) is 0. The van der Waals surface area contributed by atoms with Crippen LogP contribution in [0.15, 0.2) is 0 Å². The van der Waals surface area contributed by atoms with Crippen molar-refractivity contribution in [1.29, 1.82) is 0 Å². The van der Waals surface area contributed by atoms with Gasteiger partial charge in [0.05, 0.1) is 0 Å². The van der Waals surface area contributed by atoms with Gasteiger partial charge in [-0.05, 0) is 12.8 Å². The second kappa shape index (κ2) is 5.16. The van der Waals surface area contributed by atoms with E-state index < -0.39 is 11.8 Å². The van der Waals surface area contributed by atoms with Crippen molar-refractivity contribution in [3.63, 3.8) is 0 Å². The molecule has 0 unspecified atom stereocenters. The van der Waals surface area contributed by atoms with E-state index >= 15 is 0 Å². The normalized spacial score (nSPS) is 22.1. The van der Waals surface area contributed by atoms with E-state index in [0.717, 1.165) is 38.8 Å². The van der Waals surface area contributed by atoms with Crippen molar-refractivity contribution in [2.45, 2.75) is 25.7 Å². The number of nitrogens with one attached hydrogen (secondary N) is 1. The zero-order chi connectivity index (χ0) is 12.3. The Bertz CT molecular complexity index is 319. The molecule has 2 aliphatic heterocycles. The summed E-state index contributed by atoms with van der Waals surface area (Å²) in [5, 5.41) is 2.19. The molecular weight excluding hydrogens is 222 g/mol. The molecule has 0 aromatic rings. The lowest BCUT2D eigenvalue weighted by Crippen LogP contribution is -2.56. The molecule has 0 aromatic heterocycles. The number of carbonyl (C=O) groups excluding carboxylic acids is 3. The molecule has 2 fully saturated rings. The van der Waals surface area contributed by atoms with Gasteiger partial charge in [-0.1, -0.05) is 12.8 Å². The maximum atomic E-state index is 12.1. The van der Waals surface area contributed by atoms with Crippen LogP contribution in [0.4, 0.5) is 4.79 Å². The van der Waals surface area contributed by atoms with E-state index in [1.807, 2.05) is 0 Å². The van der Waals surface area contributed by atoms with Gasteiger partial charge in [0, 0.05) is 13.1 Å². The molecule has 4 amide bonds. The van der Waals surface area contributed by atoms with Gasteiger partial charge in [-0.2, -0.15) is 0 Å². The molecule has 0 atom stereocenters. The maximum absolute atomic E-state index is 12.1. The monoisotopic (exact) mass is 239 g/mol. The highest BCUT2D eigenvalue weighted by molar-refractivity contribution is 6.02. The smallest absolute Gasteiger partial charge is 0.320 e. The maximum Gasteiger partial charge on any atom is 0.320 e. The number of nitrogens with zero attached hydrogens (tertiary/aromatic N) is 2. The number of rotatable bonds is 0. The molecule has 0 spiro atoms. The summed E-state index contributed by atoms with van der Waals surface area (Å²) >= 11 is 0. The molecule has 0 aromatic carbocycles. The van der Waals surface area contributed by atoms with Crippen LogP contribution < -0.4 is 5.32 Å². The van der Waals surface area contributed by atoms with Crippen LogP contribution in [-0.4, -0.2) is 53.8 Å². The number of carbonyl (C=O) groups is 3. The van der Waals surface area contributed by atoms with Gasteiger partial charge in [-0.3, -0.25) is 14.9 Å². The van der Waals surface area contributed by atoms with Crippen LogP contribution in [0.1, 0.15) is 25.7 Å². The lowest BCUT2D eigenvalue weighted by molar-refractivity contribution is -0.135. The van der Waals surface area contributed by atoms with Gasteiger partial charge in [0.15, 0.2) is 0 Å². The van der Waals surface area contributed by atoms with Gasteiger partial charge in [0.2, 0.25) is 11.8 Å². The molecule has 94 valence electrons. The first-order valence-electron chi connectivity index (χ1n) is 6.03. The lowest BCUT2D eigenvalue weighted by Gasteiger charge is -2.31. The molecule has 0 radical (unpaired) electrons. The van der Waals surface area contributed by atoms with Gasteiger partial charge in [-0.25, -0.2) is 4.79 Å². The number of urea groups is 1. The van der Waals surface area contributed by atoms with E-state index in [1.54, 1.807) is 4.90 Å². The zero-order valence-electron chi connectivity index (χ0n) is 9.78. The van der Waals surface area contributed by atoms with Crippen LogP contribution in [0.25, 0.3) is 0 Å². The summed E-state index contributed by atoms with van der Waals surface area (Å²) in [6.45, 7) is 1.43. The van der Waals surface area contributed by atoms with E-state index in [-0.39, 0.29) is 19.1 Å². The molecule has 17 heavy (non-hydrogen) atoms. The predicted octanol–water partition coefficient (Wildman–Crippen LogP) is -0.0592. The molecule has 2 heterocycles. The van der Waals surface area contributed by atoms with Gasteiger partial charge < -0.3 is 9.80 Å². The fourth-order valence-corrected chi connectivity index (χ4v) is 2.23. The molecule has 1 N–H and O–H groups in total. The summed E-state index contributed by atoms with van der Waals surface area (Å²) in [6, 6.07) is -0.185. The average Bonchev–Trinajstić information content (AvgIpc) is 2.55. The number of hydrogen-bond acceptors (Lipinski definition) is 3. The van der Waals surface area contributed by atoms with Crippen LogP contribution >= 0.6 is 0 Å². The molecule has 0 aliphatic carbocycles. The van der Waals surface area contributed by atoms with E-state index in [0.29, 0.717) is 0 Å². The molecule has 6 nitrogen and oxygen atoms in total. The van der Waals surface area contributed by atoms with Gasteiger partial charge in [0.1, 0.15) is 13.1 Å². The largest absolute Gasteiger partial charge is 0.325 e. The van der Waals surface area contributed by atoms with Gasteiger partial charge in [-0.15, -0.1) is 0 Å². The van der Waals surface area contributed by atoms with Crippen LogP contribution in [-0.2, 0) is 9.59 Å².